The van der Waals surface area contributed by atoms with Crippen LogP contribution in [0.4, 0.5) is 0 Å². The Balaban J connectivity index is 0.000000366. The van der Waals surface area contributed by atoms with Crippen molar-refractivity contribution < 1.29 is 30.0 Å². The van der Waals surface area contributed by atoms with Crippen LogP contribution in [0, 0.1) is 6.07 Å². The average molecular weight is 528 g/mol. The number of aromatic nitrogens is 6. The van der Waals surface area contributed by atoms with E-state index >= 15 is 0 Å². The second kappa shape index (κ2) is 10.9. The number of carbonyl (C=O) groups is 1. The molecule has 0 bridgehead atoms. The molecule has 0 fully saturated rings. The maximum atomic E-state index is 10.0. The quantitative estimate of drug-likeness (QED) is 0.313. The van der Waals surface area contributed by atoms with E-state index in [2.05, 4.69) is 36.4 Å². The average Bonchev–Trinajstić information content (AvgIpc) is 2.63. The van der Waals surface area contributed by atoms with Gasteiger partial charge in [0.2, 0.25) is 5.82 Å². The summed E-state index contributed by atoms with van der Waals surface area (Å²) in [6.45, 7) is 2.85. The first-order valence-corrected chi connectivity index (χ1v) is 7.26. The number of hydrogen-bond acceptors (Lipinski definition) is 8. The molecule has 3 rings (SSSR count). The van der Waals surface area contributed by atoms with Crippen molar-refractivity contribution in [2.45, 2.75) is 13.8 Å². The molecule has 8 nitrogen and oxygen atoms in total. The molecule has 0 saturated carbocycles. The van der Waals surface area contributed by atoms with E-state index in [1.165, 1.54) is 19.9 Å². The first-order chi connectivity index (χ1) is 12.1. The van der Waals surface area contributed by atoms with Crippen molar-refractivity contribution in [2.24, 2.45) is 0 Å². The third-order valence-corrected chi connectivity index (χ3v) is 2.60. The van der Waals surface area contributed by atoms with E-state index in [1.807, 2.05) is 12.1 Å². The van der Waals surface area contributed by atoms with Gasteiger partial charge < -0.3 is 5.11 Å². The number of allylic oxidation sites excluding steroid dienone is 2. The van der Waals surface area contributed by atoms with Crippen molar-refractivity contribution in [3.63, 3.8) is 0 Å². The number of aliphatic hydroxyl groups excluding tert-OH is 1. The van der Waals surface area contributed by atoms with Crippen molar-refractivity contribution >= 4 is 5.78 Å². The fourth-order valence-electron chi connectivity index (χ4n) is 1.66. The zero-order valence-corrected chi connectivity index (χ0v) is 16.4. The largest absolute Gasteiger partial charge is 0.512 e. The minimum atomic E-state index is -0.125. The van der Waals surface area contributed by atoms with Gasteiger partial charge in [-0.05, 0) is 37.9 Å². The molecule has 0 unspecified atom stereocenters. The van der Waals surface area contributed by atoms with Gasteiger partial charge in [-0.3, -0.25) is 14.8 Å². The minimum Gasteiger partial charge on any atom is -0.512 e. The minimum absolute atomic E-state index is 0. The summed E-state index contributed by atoms with van der Waals surface area (Å²) >= 11 is 0. The van der Waals surface area contributed by atoms with E-state index in [9.17, 15) is 4.79 Å². The van der Waals surface area contributed by atoms with E-state index in [1.54, 1.807) is 30.6 Å². The van der Waals surface area contributed by atoms with Gasteiger partial charge in [-0.1, -0.05) is 6.07 Å². The molecule has 1 N–H and O–H groups in total. The van der Waals surface area contributed by atoms with Gasteiger partial charge in [-0.25, -0.2) is 0 Å². The summed E-state index contributed by atoms with van der Waals surface area (Å²) in [5, 5.41) is 24.3. The van der Waals surface area contributed by atoms with E-state index in [-0.39, 0.29) is 31.6 Å². The fraction of sp³-hybridized carbons (Fsp3) is 0.118. The Morgan fingerprint density at radius 2 is 1.65 bits per heavy atom. The van der Waals surface area contributed by atoms with Crippen molar-refractivity contribution in [2.75, 3.05) is 0 Å². The van der Waals surface area contributed by atoms with Crippen LogP contribution in [0.25, 0.3) is 23.0 Å². The van der Waals surface area contributed by atoms with Gasteiger partial charge in [0, 0.05) is 32.4 Å². The van der Waals surface area contributed by atoms with E-state index in [0.717, 1.165) is 0 Å². The molecule has 0 amide bonds. The van der Waals surface area contributed by atoms with Crippen LogP contribution in [0.15, 0.2) is 54.6 Å². The Kier molecular flexibility index (Phi) is 8.83. The summed E-state index contributed by atoms with van der Waals surface area (Å²) in [5.74, 6) is 0.665. The van der Waals surface area contributed by atoms with E-state index in [4.69, 9.17) is 5.11 Å². The molecular formula is C17H15IrN6O2-. The van der Waals surface area contributed by atoms with Gasteiger partial charge in [0.25, 0.3) is 0 Å². The zero-order valence-electron chi connectivity index (χ0n) is 14.0. The Bertz CT molecular complexity index is 780. The molecule has 0 spiro atoms. The molecule has 0 atom stereocenters. The number of aliphatic hydroxyl groups is 1. The third kappa shape index (κ3) is 6.92. The molecule has 9 heteroatoms. The molecule has 0 aliphatic rings. The predicted molar refractivity (Wildman–Crippen MR) is 90.0 cm³/mol. The maximum Gasteiger partial charge on any atom is 0.219 e. The third-order valence-electron chi connectivity index (χ3n) is 2.60. The standard InChI is InChI=1S/C12H7N6.C5H8O2.Ir/c1-3-7-13-9(5-1)11-15-17-12(18-16-11)10-6-2-4-8-14-10;1-4(6)3-5(2)7;/h1-5,7-8H;3,6H,1-2H3;/q-1;;/b;4-3-;. The molecule has 0 aliphatic heterocycles. The molecule has 0 aromatic carbocycles. The first-order valence-electron chi connectivity index (χ1n) is 7.26. The van der Waals surface area contributed by atoms with Crippen molar-refractivity contribution in [3.05, 3.63) is 60.6 Å². The summed E-state index contributed by atoms with van der Waals surface area (Å²) in [5.41, 5.74) is 1.15. The van der Waals surface area contributed by atoms with Crippen molar-refractivity contribution in [1.82, 2.24) is 30.4 Å². The maximum absolute atomic E-state index is 10.0. The number of hydrogen-bond donors (Lipinski definition) is 1. The van der Waals surface area contributed by atoms with E-state index < -0.39 is 0 Å². The summed E-state index contributed by atoms with van der Waals surface area (Å²) < 4.78 is 0. The molecule has 0 saturated heterocycles. The smallest absolute Gasteiger partial charge is 0.219 e. The zero-order chi connectivity index (χ0) is 18.1. The topological polar surface area (TPSA) is 115 Å². The summed E-state index contributed by atoms with van der Waals surface area (Å²) in [6, 6.07) is 11.9. The van der Waals surface area contributed by atoms with Gasteiger partial charge in [-0.2, -0.15) is 22.3 Å². The van der Waals surface area contributed by atoms with Crippen LogP contribution < -0.4 is 0 Å². The number of nitrogens with zero attached hydrogens (tertiary/aromatic N) is 6. The number of ketones is 1. The molecule has 3 heterocycles. The summed E-state index contributed by atoms with van der Waals surface area (Å²) in [4.78, 5) is 18.2. The second-order valence-corrected chi connectivity index (χ2v) is 4.79. The van der Waals surface area contributed by atoms with Crippen LogP contribution >= 0.6 is 0 Å². The van der Waals surface area contributed by atoms with Crippen LogP contribution in [-0.2, 0) is 24.9 Å². The normalized spacial score (nSPS) is 10.2. The molecule has 3 aromatic rings. The number of rotatable bonds is 3. The predicted octanol–water partition coefficient (Wildman–Crippen LogP) is 2.23. The van der Waals surface area contributed by atoms with Crippen LogP contribution in [0.5, 0.6) is 0 Å². The monoisotopic (exact) mass is 528 g/mol. The van der Waals surface area contributed by atoms with E-state index in [0.29, 0.717) is 23.0 Å². The van der Waals surface area contributed by atoms with Gasteiger partial charge in [-0.15, -0.1) is 16.3 Å². The van der Waals surface area contributed by atoms with Gasteiger partial charge in [0.1, 0.15) is 11.5 Å². The number of pyridine rings is 2. The molecule has 1 radical (unpaired) electrons. The Morgan fingerprint density at radius 1 is 1.00 bits per heavy atom. The molecular weight excluding hydrogens is 512 g/mol. The van der Waals surface area contributed by atoms with Crippen LogP contribution in [0.1, 0.15) is 13.8 Å². The van der Waals surface area contributed by atoms with Crippen LogP contribution in [0.3, 0.4) is 0 Å². The molecule has 26 heavy (non-hydrogen) atoms. The van der Waals surface area contributed by atoms with Crippen molar-refractivity contribution in [1.29, 1.82) is 0 Å². The Hall–Kier alpha value is -2.90. The van der Waals surface area contributed by atoms with Crippen LogP contribution in [0.2, 0.25) is 0 Å². The molecule has 0 aliphatic carbocycles. The van der Waals surface area contributed by atoms with Crippen LogP contribution in [-0.4, -0.2) is 41.3 Å². The fourth-order valence-corrected chi connectivity index (χ4v) is 1.66. The number of carbonyl (C=O) groups excluding carboxylic acids is 1. The Morgan fingerprint density at radius 3 is 2.12 bits per heavy atom. The van der Waals surface area contributed by atoms with Gasteiger partial charge >= 0.3 is 0 Å². The second-order valence-electron chi connectivity index (χ2n) is 4.79. The Labute approximate surface area is 163 Å². The molecule has 3 aromatic heterocycles. The molecule has 135 valence electrons. The summed E-state index contributed by atoms with van der Waals surface area (Å²) in [6.07, 6.45) is 4.47. The van der Waals surface area contributed by atoms with Gasteiger partial charge in [0.05, 0.1) is 5.76 Å². The SMILES string of the molecule is CC(=O)/C=C(/C)O.[Ir].[c-]1cccnc1-c1nnc(-c2ccccn2)nn1. The van der Waals surface area contributed by atoms with Crippen molar-refractivity contribution in [3.8, 4) is 23.0 Å². The van der Waals surface area contributed by atoms with Gasteiger partial charge in [0.15, 0.2) is 5.78 Å². The first kappa shape index (κ1) is 21.1. The summed E-state index contributed by atoms with van der Waals surface area (Å²) in [7, 11) is 0.